The summed E-state index contributed by atoms with van der Waals surface area (Å²) in [5.74, 6) is 3.57. The molecule has 2 N–H and O–H groups in total. The van der Waals surface area contributed by atoms with Crippen LogP contribution in [0.4, 0.5) is 0 Å². The summed E-state index contributed by atoms with van der Waals surface area (Å²) in [7, 11) is 2.01. The first-order chi connectivity index (χ1) is 11.8. The van der Waals surface area contributed by atoms with Crippen molar-refractivity contribution in [3.8, 4) is 11.5 Å². The molecule has 134 valence electrons. The van der Waals surface area contributed by atoms with Gasteiger partial charge in [0.25, 0.3) is 0 Å². The summed E-state index contributed by atoms with van der Waals surface area (Å²) in [5, 5.41) is 13.0. The summed E-state index contributed by atoms with van der Waals surface area (Å²) in [6, 6.07) is 3.89. The molecule has 3 nitrogen and oxygen atoms in total. The van der Waals surface area contributed by atoms with E-state index in [1.807, 2.05) is 20.9 Å². The molecule has 0 saturated heterocycles. The smallest absolute Gasteiger partial charge is 0.165 e. The van der Waals surface area contributed by atoms with E-state index in [9.17, 15) is 5.11 Å². The van der Waals surface area contributed by atoms with Gasteiger partial charge in [0.05, 0.1) is 0 Å². The summed E-state index contributed by atoms with van der Waals surface area (Å²) in [6.07, 6.45) is 9.54. The zero-order valence-corrected chi connectivity index (χ0v) is 15.5. The maximum Gasteiger partial charge on any atom is 0.165 e. The molecule has 2 saturated carbocycles. The number of hydrogen-bond donors (Lipinski definition) is 2. The molecule has 1 heterocycles. The number of hydrogen-bond acceptors (Lipinski definition) is 3. The van der Waals surface area contributed by atoms with Gasteiger partial charge in [0.15, 0.2) is 11.5 Å². The fraction of sp³-hybridized carbons (Fsp3) is 0.714. The standard InChI is InChI=1S/C14H16O2.C5H11N.C2H6/c15-10-7-6-9-5-4-8-2-1-3-11-12(8)13(9)14(10)16-11;1-6-4-5-2-3-5;1-2/h6-8,11-12,15H,1-5H2;5-6H,2-4H2,1H3;1-2H3. The Labute approximate surface area is 146 Å². The summed E-state index contributed by atoms with van der Waals surface area (Å²) in [5.41, 5.74) is 2.76. The molecule has 4 aliphatic rings. The van der Waals surface area contributed by atoms with Crippen LogP contribution in [0.15, 0.2) is 12.1 Å². The second kappa shape index (κ2) is 7.77. The SMILES string of the molecule is CC.CNCC1CC1.Oc1ccc2c3c1OC1CCCC(CC2)C31. The molecule has 1 aromatic carbocycles. The van der Waals surface area contributed by atoms with Crippen molar-refractivity contribution in [3.63, 3.8) is 0 Å². The zero-order chi connectivity index (χ0) is 17.1. The van der Waals surface area contributed by atoms with Gasteiger partial charge in [-0.3, -0.25) is 0 Å². The molecular formula is C21H33NO2. The number of nitrogens with one attached hydrogen (secondary N) is 1. The highest BCUT2D eigenvalue weighted by Crippen LogP contribution is 2.56. The fourth-order valence-corrected chi connectivity index (χ4v) is 4.56. The van der Waals surface area contributed by atoms with Crippen LogP contribution in [0, 0.1) is 11.8 Å². The van der Waals surface area contributed by atoms with Crippen LogP contribution in [0.25, 0.3) is 0 Å². The van der Waals surface area contributed by atoms with Crippen molar-refractivity contribution < 1.29 is 9.84 Å². The van der Waals surface area contributed by atoms with Crippen molar-refractivity contribution in [3.05, 3.63) is 23.3 Å². The lowest BCUT2D eigenvalue weighted by Gasteiger charge is -2.36. The maximum atomic E-state index is 9.89. The van der Waals surface area contributed by atoms with Gasteiger partial charge in [-0.1, -0.05) is 19.9 Å². The summed E-state index contributed by atoms with van der Waals surface area (Å²) < 4.78 is 5.98. The van der Waals surface area contributed by atoms with Crippen molar-refractivity contribution in [2.75, 3.05) is 13.6 Å². The van der Waals surface area contributed by atoms with Crippen LogP contribution >= 0.6 is 0 Å². The Morgan fingerprint density at radius 2 is 1.92 bits per heavy atom. The molecule has 3 heteroatoms. The van der Waals surface area contributed by atoms with Crippen LogP contribution in [0.2, 0.25) is 0 Å². The summed E-state index contributed by atoms with van der Waals surface area (Å²) in [6.45, 7) is 5.24. The highest BCUT2D eigenvalue weighted by Gasteiger charge is 2.46. The van der Waals surface area contributed by atoms with Crippen LogP contribution in [-0.4, -0.2) is 24.8 Å². The second-order valence-electron chi connectivity index (χ2n) is 7.40. The lowest BCUT2D eigenvalue weighted by Crippen LogP contribution is -2.32. The van der Waals surface area contributed by atoms with E-state index in [2.05, 4.69) is 11.4 Å². The Bertz CT molecular complexity index is 553. The van der Waals surface area contributed by atoms with Gasteiger partial charge in [-0.15, -0.1) is 0 Å². The van der Waals surface area contributed by atoms with E-state index in [1.165, 1.54) is 56.2 Å². The van der Waals surface area contributed by atoms with Gasteiger partial charge in [0.2, 0.25) is 0 Å². The van der Waals surface area contributed by atoms with Gasteiger partial charge in [0.1, 0.15) is 6.10 Å². The Morgan fingerprint density at radius 1 is 1.12 bits per heavy atom. The number of phenols is 1. The summed E-state index contributed by atoms with van der Waals surface area (Å²) in [4.78, 5) is 0. The first-order valence-corrected chi connectivity index (χ1v) is 9.94. The van der Waals surface area contributed by atoms with Gasteiger partial charge >= 0.3 is 0 Å². The highest BCUT2D eigenvalue weighted by atomic mass is 16.5. The van der Waals surface area contributed by atoms with E-state index < -0.39 is 0 Å². The quantitative estimate of drug-likeness (QED) is 0.830. The molecule has 5 rings (SSSR count). The van der Waals surface area contributed by atoms with Crippen molar-refractivity contribution in [1.29, 1.82) is 0 Å². The third-order valence-corrected chi connectivity index (χ3v) is 5.81. The minimum absolute atomic E-state index is 0.341. The predicted octanol–water partition coefficient (Wildman–Crippen LogP) is 4.63. The average molecular weight is 332 g/mol. The van der Waals surface area contributed by atoms with Crippen molar-refractivity contribution in [2.45, 2.75) is 70.8 Å². The number of benzene rings is 1. The van der Waals surface area contributed by atoms with E-state index in [4.69, 9.17) is 4.74 Å². The molecule has 3 aliphatic carbocycles. The predicted molar refractivity (Wildman–Crippen MR) is 98.9 cm³/mol. The van der Waals surface area contributed by atoms with Crippen LogP contribution in [0.1, 0.15) is 69.4 Å². The second-order valence-corrected chi connectivity index (χ2v) is 7.40. The third-order valence-electron chi connectivity index (χ3n) is 5.81. The van der Waals surface area contributed by atoms with Crippen molar-refractivity contribution in [1.82, 2.24) is 5.32 Å². The van der Waals surface area contributed by atoms with E-state index in [-0.39, 0.29) is 0 Å². The van der Waals surface area contributed by atoms with Gasteiger partial charge in [0, 0.05) is 11.5 Å². The first-order valence-electron chi connectivity index (χ1n) is 9.94. The van der Waals surface area contributed by atoms with E-state index >= 15 is 0 Å². The molecule has 0 bridgehead atoms. The molecule has 1 aromatic rings. The normalized spacial score (nSPS) is 28.5. The number of rotatable bonds is 2. The molecule has 2 fully saturated rings. The molecule has 0 aromatic heterocycles. The van der Waals surface area contributed by atoms with Gasteiger partial charge in [-0.2, -0.15) is 0 Å². The van der Waals surface area contributed by atoms with Gasteiger partial charge in [-0.25, -0.2) is 0 Å². The molecule has 3 atom stereocenters. The third kappa shape index (κ3) is 3.42. The van der Waals surface area contributed by atoms with Crippen LogP contribution in [-0.2, 0) is 6.42 Å². The van der Waals surface area contributed by atoms with Gasteiger partial charge < -0.3 is 15.2 Å². The monoisotopic (exact) mass is 331 g/mol. The lowest BCUT2D eigenvalue weighted by molar-refractivity contribution is 0.118. The Kier molecular flexibility index (Phi) is 5.70. The molecule has 24 heavy (non-hydrogen) atoms. The van der Waals surface area contributed by atoms with E-state index in [0.29, 0.717) is 17.8 Å². The number of aryl methyl sites for hydroxylation is 1. The van der Waals surface area contributed by atoms with E-state index in [0.717, 1.165) is 24.0 Å². The molecule has 0 spiro atoms. The minimum Gasteiger partial charge on any atom is -0.504 e. The van der Waals surface area contributed by atoms with Crippen LogP contribution in [0.5, 0.6) is 11.5 Å². The largest absolute Gasteiger partial charge is 0.504 e. The van der Waals surface area contributed by atoms with Crippen molar-refractivity contribution >= 4 is 0 Å². The number of ether oxygens (including phenoxy) is 1. The van der Waals surface area contributed by atoms with Crippen LogP contribution in [0.3, 0.4) is 0 Å². The Hall–Kier alpha value is -1.22. The van der Waals surface area contributed by atoms with Crippen molar-refractivity contribution in [2.24, 2.45) is 11.8 Å². The molecular weight excluding hydrogens is 298 g/mol. The number of aromatic hydroxyl groups is 1. The van der Waals surface area contributed by atoms with Gasteiger partial charge in [-0.05, 0) is 82.0 Å². The highest BCUT2D eigenvalue weighted by molar-refractivity contribution is 5.56. The first kappa shape index (κ1) is 17.6. The molecule has 0 amide bonds. The van der Waals surface area contributed by atoms with E-state index in [1.54, 1.807) is 6.07 Å². The molecule has 0 radical (unpaired) electrons. The Morgan fingerprint density at radius 3 is 2.58 bits per heavy atom. The number of phenolic OH excluding ortho intramolecular Hbond substituents is 1. The fourth-order valence-electron chi connectivity index (χ4n) is 4.56. The summed E-state index contributed by atoms with van der Waals surface area (Å²) >= 11 is 0. The average Bonchev–Trinajstić information content (AvgIpc) is 3.35. The lowest BCUT2D eigenvalue weighted by atomic mass is 9.68. The minimum atomic E-state index is 0.341. The maximum absolute atomic E-state index is 9.89. The zero-order valence-electron chi connectivity index (χ0n) is 15.5. The topological polar surface area (TPSA) is 41.5 Å². The molecule has 1 aliphatic heterocycles. The van der Waals surface area contributed by atoms with Crippen LogP contribution < -0.4 is 10.1 Å². The Balaban J connectivity index is 0.000000179. The molecule has 3 unspecified atom stereocenters.